The fourth-order valence-corrected chi connectivity index (χ4v) is 3.49. The highest BCUT2D eigenvalue weighted by molar-refractivity contribution is 5.22. The monoisotopic (exact) mass is 330 g/mol. The van der Waals surface area contributed by atoms with Crippen LogP contribution in [0.3, 0.4) is 0 Å². The van der Waals surface area contributed by atoms with E-state index in [-0.39, 0.29) is 5.56 Å². The van der Waals surface area contributed by atoms with Crippen molar-refractivity contribution in [1.29, 1.82) is 0 Å². The first kappa shape index (κ1) is 15.5. The van der Waals surface area contributed by atoms with Gasteiger partial charge in [-0.1, -0.05) is 10.3 Å². The highest BCUT2D eigenvalue weighted by atomic mass is 16.6. The molecular formula is C16H22N6O2. The predicted octanol–water partition coefficient (Wildman–Crippen LogP) is -0.0672. The van der Waals surface area contributed by atoms with Crippen LogP contribution in [0.5, 0.6) is 0 Å². The van der Waals surface area contributed by atoms with Crippen molar-refractivity contribution < 1.29 is 4.63 Å². The Morgan fingerprint density at radius 2 is 1.92 bits per heavy atom. The molecule has 0 amide bonds. The molecule has 0 N–H and O–H groups in total. The summed E-state index contributed by atoms with van der Waals surface area (Å²) in [6.07, 6.45) is 4.79. The minimum absolute atomic E-state index is 0.0350. The molecule has 3 heterocycles. The van der Waals surface area contributed by atoms with Gasteiger partial charge >= 0.3 is 0 Å². The van der Waals surface area contributed by atoms with E-state index in [1.165, 1.54) is 0 Å². The Morgan fingerprint density at radius 1 is 1.08 bits per heavy atom. The molecule has 0 bridgehead atoms. The van der Waals surface area contributed by atoms with E-state index >= 15 is 0 Å². The predicted molar refractivity (Wildman–Crippen MR) is 86.5 cm³/mol. The summed E-state index contributed by atoms with van der Waals surface area (Å²) in [5, 5.41) is 12.0. The zero-order valence-electron chi connectivity index (χ0n) is 13.7. The Morgan fingerprint density at radius 3 is 2.71 bits per heavy atom. The highest BCUT2D eigenvalue weighted by Crippen LogP contribution is 2.16. The zero-order valence-corrected chi connectivity index (χ0v) is 13.7. The summed E-state index contributed by atoms with van der Waals surface area (Å²) in [6.45, 7) is 6.27. The number of nitrogens with zero attached hydrogens (tertiary/aromatic N) is 6. The van der Waals surface area contributed by atoms with Crippen molar-refractivity contribution in [2.75, 3.05) is 32.7 Å². The van der Waals surface area contributed by atoms with Crippen LogP contribution in [0.15, 0.2) is 21.7 Å². The molecule has 4 rings (SSSR count). The molecule has 1 aliphatic carbocycles. The van der Waals surface area contributed by atoms with Crippen molar-refractivity contribution in [1.82, 2.24) is 29.9 Å². The molecule has 0 atom stereocenters. The van der Waals surface area contributed by atoms with Crippen molar-refractivity contribution >= 4 is 0 Å². The van der Waals surface area contributed by atoms with Crippen LogP contribution in [0.4, 0.5) is 0 Å². The summed E-state index contributed by atoms with van der Waals surface area (Å²) < 4.78 is 6.27. The van der Waals surface area contributed by atoms with Gasteiger partial charge in [0.25, 0.3) is 5.56 Å². The van der Waals surface area contributed by atoms with Crippen LogP contribution in [-0.4, -0.2) is 62.6 Å². The molecule has 8 nitrogen and oxygen atoms in total. The normalized spacial score (nSPS) is 18.8. The lowest BCUT2D eigenvalue weighted by molar-refractivity contribution is 0.120. The lowest BCUT2D eigenvalue weighted by Crippen LogP contribution is -2.47. The van der Waals surface area contributed by atoms with Gasteiger partial charge in [0, 0.05) is 45.3 Å². The Hall–Kier alpha value is -2.06. The molecule has 2 aromatic rings. The number of piperazine rings is 1. The van der Waals surface area contributed by atoms with Gasteiger partial charge in [0.1, 0.15) is 5.69 Å². The summed E-state index contributed by atoms with van der Waals surface area (Å²) in [4.78, 5) is 16.9. The van der Waals surface area contributed by atoms with Gasteiger partial charge in [0.05, 0.1) is 18.4 Å². The van der Waals surface area contributed by atoms with Crippen LogP contribution in [-0.2, 0) is 25.9 Å². The van der Waals surface area contributed by atoms with Crippen molar-refractivity contribution in [3.8, 4) is 0 Å². The fraction of sp³-hybridized carbons (Fsp3) is 0.625. The third-order valence-electron chi connectivity index (χ3n) is 4.91. The van der Waals surface area contributed by atoms with E-state index in [2.05, 4.69) is 29.8 Å². The van der Waals surface area contributed by atoms with Gasteiger partial charge < -0.3 is 0 Å². The quantitative estimate of drug-likeness (QED) is 0.759. The molecule has 0 unspecified atom stereocenters. The average molecular weight is 330 g/mol. The van der Waals surface area contributed by atoms with Gasteiger partial charge in [-0.25, -0.2) is 9.31 Å². The summed E-state index contributed by atoms with van der Waals surface area (Å²) in [6, 6.07) is 1.78. The number of rotatable bonds is 5. The third-order valence-corrected chi connectivity index (χ3v) is 4.91. The molecule has 8 heteroatoms. The Labute approximate surface area is 140 Å². The Balaban J connectivity index is 1.28. The van der Waals surface area contributed by atoms with Gasteiger partial charge in [-0.3, -0.25) is 14.6 Å². The van der Waals surface area contributed by atoms with Gasteiger partial charge in [-0.15, -0.1) is 0 Å². The van der Waals surface area contributed by atoms with Crippen LogP contribution < -0.4 is 5.56 Å². The SMILES string of the molecule is O=c1cc2c(nn1CCN1CCN(Cc3cnon3)CC1)CCC2. The van der Waals surface area contributed by atoms with Crippen molar-refractivity contribution in [2.24, 2.45) is 0 Å². The molecule has 0 radical (unpaired) electrons. The molecule has 2 aliphatic rings. The number of hydrogen-bond acceptors (Lipinski definition) is 7. The molecular weight excluding hydrogens is 308 g/mol. The van der Waals surface area contributed by atoms with E-state index in [1.54, 1.807) is 16.9 Å². The second-order valence-electron chi connectivity index (χ2n) is 6.55. The van der Waals surface area contributed by atoms with E-state index in [9.17, 15) is 4.79 Å². The second-order valence-corrected chi connectivity index (χ2v) is 6.55. The van der Waals surface area contributed by atoms with E-state index in [4.69, 9.17) is 0 Å². The van der Waals surface area contributed by atoms with Crippen LogP contribution in [0.25, 0.3) is 0 Å². The third kappa shape index (κ3) is 3.39. The molecule has 24 heavy (non-hydrogen) atoms. The van der Waals surface area contributed by atoms with Gasteiger partial charge in [-0.2, -0.15) is 5.10 Å². The maximum absolute atomic E-state index is 12.1. The van der Waals surface area contributed by atoms with Crippen LogP contribution in [0, 0.1) is 0 Å². The maximum atomic E-state index is 12.1. The molecule has 128 valence electrons. The van der Waals surface area contributed by atoms with E-state index < -0.39 is 0 Å². The molecule has 1 saturated heterocycles. The smallest absolute Gasteiger partial charge is 0.267 e. The largest absolute Gasteiger partial charge is 0.299 e. The topological polar surface area (TPSA) is 80.3 Å². The summed E-state index contributed by atoms with van der Waals surface area (Å²) in [5.74, 6) is 0. The lowest BCUT2D eigenvalue weighted by Gasteiger charge is -2.34. The minimum Gasteiger partial charge on any atom is -0.299 e. The molecule has 0 aromatic carbocycles. The minimum atomic E-state index is 0.0350. The van der Waals surface area contributed by atoms with Gasteiger partial charge in [-0.05, 0) is 24.8 Å². The Kier molecular flexibility index (Phi) is 4.40. The fourth-order valence-electron chi connectivity index (χ4n) is 3.49. The average Bonchev–Trinajstić information content (AvgIpc) is 3.25. The van der Waals surface area contributed by atoms with Crippen molar-refractivity contribution in [2.45, 2.75) is 32.4 Å². The molecule has 2 aromatic heterocycles. The maximum Gasteiger partial charge on any atom is 0.267 e. The van der Waals surface area contributed by atoms with Gasteiger partial charge in [0.15, 0.2) is 0 Å². The number of hydrogen-bond donors (Lipinski definition) is 0. The molecule has 0 spiro atoms. The number of aryl methyl sites for hydroxylation is 2. The second kappa shape index (κ2) is 6.82. The highest BCUT2D eigenvalue weighted by Gasteiger charge is 2.19. The molecule has 1 fully saturated rings. The standard InChI is InChI=1S/C16H22N6O2/c23-16-10-13-2-1-3-15(13)18-22(16)9-8-20-4-6-21(7-5-20)12-14-11-17-24-19-14/h10-11H,1-9,12H2. The van der Waals surface area contributed by atoms with Crippen molar-refractivity contribution in [3.63, 3.8) is 0 Å². The van der Waals surface area contributed by atoms with Crippen LogP contribution in [0.2, 0.25) is 0 Å². The number of aromatic nitrogens is 4. The summed E-state index contributed by atoms with van der Waals surface area (Å²) in [7, 11) is 0. The van der Waals surface area contributed by atoms with Crippen LogP contribution >= 0.6 is 0 Å². The van der Waals surface area contributed by atoms with Gasteiger partial charge in [0.2, 0.25) is 0 Å². The first-order valence-electron chi connectivity index (χ1n) is 8.59. The zero-order chi connectivity index (χ0) is 16.4. The van der Waals surface area contributed by atoms with E-state index in [0.29, 0.717) is 6.54 Å². The molecule has 0 saturated carbocycles. The van der Waals surface area contributed by atoms with E-state index in [1.807, 2.05) is 0 Å². The van der Waals surface area contributed by atoms with Crippen LogP contribution in [0.1, 0.15) is 23.4 Å². The lowest BCUT2D eigenvalue weighted by atomic mass is 10.2. The summed E-state index contributed by atoms with van der Waals surface area (Å²) >= 11 is 0. The first-order chi connectivity index (χ1) is 11.8. The Bertz CT molecular complexity index is 734. The first-order valence-corrected chi connectivity index (χ1v) is 8.59. The molecule has 1 aliphatic heterocycles. The van der Waals surface area contributed by atoms with Crippen molar-refractivity contribution in [3.05, 3.63) is 39.6 Å². The number of fused-ring (bicyclic) bond motifs is 1. The summed E-state index contributed by atoms with van der Waals surface area (Å²) in [5.41, 5.74) is 3.16. The van der Waals surface area contributed by atoms with E-state index in [0.717, 1.165) is 75.5 Å².